The Kier molecular flexibility index (Phi) is 7.57. The molecule has 136 valence electrons. The number of benzene rings is 2. The quantitative estimate of drug-likeness (QED) is 0.648. The third-order valence-corrected chi connectivity index (χ3v) is 3.95. The first-order valence-corrected chi connectivity index (χ1v) is 8.51. The maximum Gasteiger partial charge on any atom is 0.160 e. The van der Waals surface area contributed by atoms with E-state index in [1.165, 1.54) is 0 Å². The van der Waals surface area contributed by atoms with E-state index < -0.39 is 6.10 Å². The fourth-order valence-corrected chi connectivity index (χ4v) is 2.66. The lowest BCUT2D eigenvalue weighted by Crippen LogP contribution is -2.24. The number of aliphatic hydroxyl groups excluding tert-OH is 1. The van der Waals surface area contributed by atoms with Gasteiger partial charge in [0.05, 0.1) is 26.9 Å². The summed E-state index contributed by atoms with van der Waals surface area (Å²) in [7, 11) is 3.26. The first-order chi connectivity index (χ1) is 12.2. The SMILES string of the molecule is CCOc1ccccc1C(O)CNCCc1ccc(OC)c(OC)c1. The van der Waals surface area contributed by atoms with Gasteiger partial charge in [-0.3, -0.25) is 0 Å². The zero-order valence-electron chi connectivity index (χ0n) is 15.1. The van der Waals surface area contributed by atoms with Gasteiger partial charge in [0.15, 0.2) is 11.5 Å². The number of methoxy groups -OCH3 is 2. The smallest absolute Gasteiger partial charge is 0.160 e. The Morgan fingerprint density at radius 3 is 2.48 bits per heavy atom. The van der Waals surface area contributed by atoms with Gasteiger partial charge in [-0.05, 0) is 43.7 Å². The highest BCUT2D eigenvalue weighted by Gasteiger charge is 2.12. The maximum absolute atomic E-state index is 10.4. The van der Waals surface area contributed by atoms with E-state index in [4.69, 9.17) is 14.2 Å². The summed E-state index contributed by atoms with van der Waals surface area (Å²) in [5, 5.41) is 13.7. The molecule has 0 aromatic heterocycles. The summed E-state index contributed by atoms with van der Waals surface area (Å²) in [6.45, 7) is 3.74. The third kappa shape index (κ3) is 5.37. The van der Waals surface area contributed by atoms with Crippen LogP contribution < -0.4 is 19.5 Å². The second-order valence-corrected chi connectivity index (χ2v) is 5.63. The molecule has 0 aliphatic carbocycles. The van der Waals surface area contributed by atoms with Crippen LogP contribution in [0.5, 0.6) is 17.2 Å². The molecule has 1 unspecified atom stereocenters. The second kappa shape index (κ2) is 9.91. The van der Waals surface area contributed by atoms with Crippen molar-refractivity contribution in [2.75, 3.05) is 33.9 Å². The molecule has 1 atom stereocenters. The summed E-state index contributed by atoms with van der Waals surface area (Å²) in [5.74, 6) is 2.19. The van der Waals surface area contributed by atoms with Crippen molar-refractivity contribution in [2.24, 2.45) is 0 Å². The Morgan fingerprint density at radius 2 is 1.76 bits per heavy atom. The zero-order valence-corrected chi connectivity index (χ0v) is 15.1. The van der Waals surface area contributed by atoms with Gasteiger partial charge >= 0.3 is 0 Å². The van der Waals surface area contributed by atoms with E-state index in [-0.39, 0.29) is 0 Å². The molecule has 0 bridgehead atoms. The molecule has 0 amide bonds. The first kappa shape index (κ1) is 19.1. The van der Waals surface area contributed by atoms with Crippen molar-refractivity contribution in [3.05, 3.63) is 53.6 Å². The van der Waals surface area contributed by atoms with Crippen molar-refractivity contribution in [3.63, 3.8) is 0 Å². The van der Waals surface area contributed by atoms with Gasteiger partial charge in [-0.2, -0.15) is 0 Å². The van der Waals surface area contributed by atoms with Crippen LogP contribution in [0.1, 0.15) is 24.2 Å². The third-order valence-electron chi connectivity index (χ3n) is 3.95. The Bertz CT molecular complexity index is 660. The lowest BCUT2D eigenvalue weighted by molar-refractivity contribution is 0.169. The highest BCUT2D eigenvalue weighted by atomic mass is 16.5. The largest absolute Gasteiger partial charge is 0.493 e. The molecule has 0 saturated carbocycles. The lowest BCUT2D eigenvalue weighted by atomic mass is 10.1. The number of hydrogen-bond donors (Lipinski definition) is 2. The van der Waals surface area contributed by atoms with Crippen LogP contribution >= 0.6 is 0 Å². The number of rotatable bonds is 10. The fraction of sp³-hybridized carbons (Fsp3) is 0.400. The molecule has 0 spiro atoms. The molecule has 0 radical (unpaired) electrons. The van der Waals surface area contributed by atoms with Gasteiger partial charge in [0.2, 0.25) is 0 Å². The lowest BCUT2D eigenvalue weighted by Gasteiger charge is -2.16. The van der Waals surface area contributed by atoms with Crippen LogP contribution in [-0.4, -0.2) is 39.0 Å². The Hall–Kier alpha value is -2.24. The molecule has 0 aliphatic rings. The van der Waals surface area contributed by atoms with Crippen LogP contribution in [0, 0.1) is 0 Å². The summed E-state index contributed by atoms with van der Waals surface area (Å²) in [5.41, 5.74) is 1.96. The molecule has 2 aromatic rings. The maximum atomic E-state index is 10.4. The molecule has 25 heavy (non-hydrogen) atoms. The normalized spacial score (nSPS) is 11.8. The zero-order chi connectivity index (χ0) is 18.1. The van der Waals surface area contributed by atoms with Crippen molar-refractivity contribution >= 4 is 0 Å². The molecule has 0 saturated heterocycles. The molecule has 2 rings (SSSR count). The number of nitrogens with one attached hydrogen (secondary N) is 1. The second-order valence-electron chi connectivity index (χ2n) is 5.63. The van der Waals surface area contributed by atoms with Gasteiger partial charge < -0.3 is 24.6 Å². The van der Waals surface area contributed by atoms with Crippen molar-refractivity contribution in [3.8, 4) is 17.2 Å². The summed E-state index contributed by atoms with van der Waals surface area (Å²) in [6, 6.07) is 13.5. The van der Waals surface area contributed by atoms with Crippen molar-refractivity contribution < 1.29 is 19.3 Å². The highest BCUT2D eigenvalue weighted by Crippen LogP contribution is 2.27. The molecule has 0 heterocycles. The fourth-order valence-electron chi connectivity index (χ4n) is 2.66. The molecule has 0 fully saturated rings. The number of ether oxygens (including phenoxy) is 3. The minimum absolute atomic E-state index is 0.470. The summed E-state index contributed by atoms with van der Waals surface area (Å²) in [4.78, 5) is 0. The van der Waals surface area contributed by atoms with Crippen LogP contribution in [0.3, 0.4) is 0 Å². The Labute approximate surface area is 149 Å². The number of para-hydroxylation sites is 1. The van der Waals surface area contributed by atoms with Crippen molar-refractivity contribution in [2.45, 2.75) is 19.4 Å². The molecular weight excluding hydrogens is 318 g/mol. The van der Waals surface area contributed by atoms with E-state index in [1.54, 1.807) is 14.2 Å². The minimum Gasteiger partial charge on any atom is -0.493 e. The topological polar surface area (TPSA) is 60.0 Å². The Morgan fingerprint density at radius 1 is 1.00 bits per heavy atom. The highest BCUT2D eigenvalue weighted by molar-refractivity contribution is 5.43. The summed E-state index contributed by atoms with van der Waals surface area (Å²) >= 11 is 0. The van der Waals surface area contributed by atoms with Crippen LogP contribution in [0.25, 0.3) is 0 Å². The van der Waals surface area contributed by atoms with Crippen LogP contribution in [-0.2, 0) is 6.42 Å². The van der Waals surface area contributed by atoms with Gasteiger partial charge in [0.25, 0.3) is 0 Å². The average molecular weight is 345 g/mol. The van der Waals surface area contributed by atoms with E-state index in [0.717, 1.165) is 41.3 Å². The van der Waals surface area contributed by atoms with E-state index in [9.17, 15) is 5.11 Å². The molecule has 5 nitrogen and oxygen atoms in total. The van der Waals surface area contributed by atoms with Gasteiger partial charge in [-0.1, -0.05) is 24.3 Å². The number of hydrogen-bond acceptors (Lipinski definition) is 5. The van der Waals surface area contributed by atoms with Crippen molar-refractivity contribution in [1.29, 1.82) is 0 Å². The van der Waals surface area contributed by atoms with E-state index in [1.807, 2.05) is 49.4 Å². The molecule has 5 heteroatoms. The van der Waals surface area contributed by atoms with Gasteiger partial charge in [-0.15, -0.1) is 0 Å². The molecular formula is C20H27NO4. The first-order valence-electron chi connectivity index (χ1n) is 8.51. The average Bonchev–Trinajstić information content (AvgIpc) is 2.65. The standard InChI is InChI=1S/C20H27NO4/c1-4-25-18-8-6-5-7-16(18)17(22)14-21-12-11-15-9-10-19(23-2)20(13-15)24-3/h5-10,13,17,21-22H,4,11-12,14H2,1-3H3. The van der Waals surface area contributed by atoms with Gasteiger partial charge in [-0.25, -0.2) is 0 Å². The molecule has 2 N–H and O–H groups in total. The van der Waals surface area contributed by atoms with E-state index >= 15 is 0 Å². The summed E-state index contributed by atoms with van der Waals surface area (Å²) in [6.07, 6.45) is 0.230. The van der Waals surface area contributed by atoms with Crippen LogP contribution in [0.15, 0.2) is 42.5 Å². The molecule has 0 aliphatic heterocycles. The van der Waals surface area contributed by atoms with E-state index in [2.05, 4.69) is 5.32 Å². The van der Waals surface area contributed by atoms with Gasteiger partial charge in [0.1, 0.15) is 5.75 Å². The number of aliphatic hydroxyl groups is 1. The molecule has 2 aromatic carbocycles. The van der Waals surface area contributed by atoms with E-state index in [0.29, 0.717) is 13.2 Å². The minimum atomic E-state index is -0.604. The predicted molar refractivity (Wildman–Crippen MR) is 98.7 cm³/mol. The summed E-state index contributed by atoms with van der Waals surface area (Å²) < 4.78 is 16.1. The van der Waals surface area contributed by atoms with Crippen LogP contribution in [0.2, 0.25) is 0 Å². The van der Waals surface area contributed by atoms with Crippen molar-refractivity contribution in [1.82, 2.24) is 5.32 Å². The monoisotopic (exact) mass is 345 g/mol. The van der Waals surface area contributed by atoms with Crippen LogP contribution in [0.4, 0.5) is 0 Å². The predicted octanol–water partition coefficient (Wildman–Crippen LogP) is 2.97. The Balaban J connectivity index is 1.85. The van der Waals surface area contributed by atoms with Gasteiger partial charge in [0, 0.05) is 12.1 Å².